The average Bonchev–Trinajstić information content (AvgIpc) is 2.15. The minimum absolute atomic E-state index is 0.287. The molecule has 0 saturated heterocycles. The Balaban J connectivity index is 3.87. The predicted octanol–water partition coefficient (Wildman–Crippen LogP) is 0.798. The highest BCUT2D eigenvalue weighted by Crippen LogP contribution is 2.01. The summed E-state index contributed by atoms with van der Waals surface area (Å²) in [7, 11) is -1.71. The summed E-state index contributed by atoms with van der Waals surface area (Å²) in [5.41, 5.74) is 0. The Labute approximate surface area is 97.6 Å². The van der Waals surface area contributed by atoms with Crippen molar-refractivity contribution in [3.63, 3.8) is 0 Å². The van der Waals surface area contributed by atoms with Crippen molar-refractivity contribution in [2.24, 2.45) is 5.92 Å². The number of hydrogen-bond donors (Lipinski definition) is 1. The van der Waals surface area contributed by atoms with Crippen molar-refractivity contribution in [2.45, 2.75) is 32.4 Å². The normalized spacial score (nSPS) is 14.5. The molecule has 0 aliphatic heterocycles. The number of carboxylic acids is 1. The molecule has 0 saturated carbocycles. The van der Waals surface area contributed by atoms with Crippen molar-refractivity contribution < 1.29 is 23.6 Å². The van der Waals surface area contributed by atoms with Gasteiger partial charge in [-0.15, -0.1) is 0 Å². The van der Waals surface area contributed by atoms with E-state index in [2.05, 4.69) is 0 Å². The second-order valence-corrected chi connectivity index (χ2v) is 5.67. The average molecular weight is 250 g/mol. The van der Waals surface area contributed by atoms with Crippen LogP contribution >= 0.6 is 0 Å². The van der Waals surface area contributed by atoms with E-state index in [9.17, 15) is 13.8 Å². The summed E-state index contributed by atoms with van der Waals surface area (Å²) in [4.78, 5) is 21.6. The maximum atomic E-state index is 11.3. The van der Waals surface area contributed by atoms with E-state index >= 15 is 0 Å². The number of carboxylic acid groups (broad SMARTS) is 1. The molecule has 94 valence electrons. The first kappa shape index (κ1) is 15.1. The number of carbonyl (C=O) groups is 2. The lowest BCUT2D eigenvalue weighted by Gasteiger charge is -2.08. The maximum Gasteiger partial charge on any atom is 0.318 e. The number of rotatable bonds is 7. The Bertz CT molecular complexity index is 274. The first-order valence-corrected chi connectivity index (χ1v) is 6.48. The third kappa shape index (κ3) is 6.55. The molecule has 6 heteroatoms. The van der Waals surface area contributed by atoms with Crippen LogP contribution in [0.1, 0.15) is 27.2 Å². The van der Waals surface area contributed by atoms with Crippen molar-refractivity contribution >= 4 is 22.7 Å². The number of ether oxygens (including phenoxy) is 1. The summed E-state index contributed by atoms with van der Waals surface area (Å²) in [6, 6.07) is 0. The van der Waals surface area contributed by atoms with E-state index in [1.165, 1.54) is 6.92 Å². The van der Waals surface area contributed by atoms with Crippen LogP contribution in [0.15, 0.2) is 0 Å². The molecule has 0 aliphatic carbocycles. The van der Waals surface area contributed by atoms with Gasteiger partial charge in [-0.3, -0.25) is 13.8 Å². The van der Waals surface area contributed by atoms with Crippen molar-refractivity contribution in [1.29, 1.82) is 0 Å². The Morgan fingerprint density at radius 1 is 1.31 bits per heavy atom. The van der Waals surface area contributed by atoms with Gasteiger partial charge in [-0.2, -0.15) is 0 Å². The van der Waals surface area contributed by atoms with Gasteiger partial charge in [0.15, 0.2) is 0 Å². The summed E-state index contributed by atoms with van der Waals surface area (Å²) >= 11 is 0. The third-order valence-electron chi connectivity index (χ3n) is 1.96. The molecule has 0 aromatic rings. The van der Waals surface area contributed by atoms with Crippen LogP contribution in [0.4, 0.5) is 0 Å². The molecule has 0 aromatic heterocycles. The topological polar surface area (TPSA) is 80.7 Å². The second kappa shape index (κ2) is 7.38. The number of esters is 1. The fraction of sp³-hybridized carbons (Fsp3) is 0.800. The molecule has 5 nitrogen and oxygen atoms in total. The highest BCUT2D eigenvalue weighted by atomic mass is 32.2. The number of hydrogen-bond acceptors (Lipinski definition) is 4. The monoisotopic (exact) mass is 250 g/mol. The molecule has 0 amide bonds. The van der Waals surface area contributed by atoms with Gasteiger partial charge >= 0.3 is 11.9 Å². The standard InChI is InChI=1S/C10H18O5S/c1-7(2)4-5-15-9(11)6-16(14)8(3)10(12)13/h7-8H,4-6H2,1-3H3,(H,12,13). The Morgan fingerprint density at radius 2 is 1.88 bits per heavy atom. The molecule has 0 rings (SSSR count). The van der Waals surface area contributed by atoms with Crippen LogP contribution in [0.25, 0.3) is 0 Å². The zero-order chi connectivity index (χ0) is 12.7. The highest BCUT2D eigenvalue weighted by Gasteiger charge is 2.21. The molecular formula is C10H18O5S. The van der Waals surface area contributed by atoms with Gasteiger partial charge in [0.2, 0.25) is 0 Å². The van der Waals surface area contributed by atoms with E-state index in [-0.39, 0.29) is 12.4 Å². The van der Waals surface area contributed by atoms with Crippen LogP contribution < -0.4 is 0 Å². The molecule has 16 heavy (non-hydrogen) atoms. The molecule has 0 radical (unpaired) electrons. The number of carbonyl (C=O) groups excluding carboxylic acids is 1. The van der Waals surface area contributed by atoms with Crippen molar-refractivity contribution in [2.75, 3.05) is 12.4 Å². The van der Waals surface area contributed by atoms with Crippen LogP contribution in [0.3, 0.4) is 0 Å². The largest absolute Gasteiger partial charge is 0.480 e. The molecule has 0 fully saturated rings. The van der Waals surface area contributed by atoms with E-state index in [4.69, 9.17) is 9.84 Å². The smallest absolute Gasteiger partial charge is 0.318 e. The van der Waals surface area contributed by atoms with Crippen LogP contribution in [-0.4, -0.2) is 38.9 Å². The highest BCUT2D eigenvalue weighted by molar-refractivity contribution is 7.87. The summed E-state index contributed by atoms with van der Waals surface area (Å²) in [6.45, 7) is 5.59. The Morgan fingerprint density at radius 3 is 2.31 bits per heavy atom. The van der Waals surface area contributed by atoms with Crippen molar-refractivity contribution in [1.82, 2.24) is 0 Å². The first-order chi connectivity index (χ1) is 7.34. The Hall–Kier alpha value is -0.910. The van der Waals surface area contributed by atoms with Gasteiger partial charge in [-0.25, -0.2) is 0 Å². The molecule has 0 aromatic carbocycles. The fourth-order valence-corrected chi connectivity index (χ4v) is 1.59. The minimum atomic E-state index is -1.71. The fourth-order valence-electron chi connectivity index (χ4n) is 0.804. The van der Waals surface area contributed by atoms with Gasteiger partial charge in [0, 0.05) is 10.8 Å². The van der Waals surface area contributed by atoms with Crippen LogP contribution in [0.5, 0.6) is 0 Å². The third-order valence-corrected chi connectivity index (χ3v) is 3.47. The van der Waals surface area contributed by atoms with Gasteiger partial charge in [-0.05, 0) is 19.3 Å². The lowest BCUT2D eigenvalue weighted by molar-refractivity contribution is -0.140. The van der Waals surface area contributed by atoms with Gasteiger partial charge in [0.05, 0.1) is 6.61 Å². The lowest BCUT2D eigenvalue weighted by atomic mass is 10.1. The van der Waals surface area contributed by atoms with Gasteiger partial charge in [0.1, 0.15) is 11.0 Å². The SMILES string of the molecule is CC(C)CCOC(=O)CS(=O)C(C)C(=O)O. The maximum absolute atomic E-state index is 11.3. The van der Waals surface area contributed by atoms with E-state index in [1.807, 2.05) is 13.8 Å². The molecule has 2 unspecified atom stereocenters. The summed E-state index contributed by atoms with van der Waals surface area (Å²) in [5.74, 6) is -1.71. The van der Waals surface area contributed by atoms with Gasteiger partial charge < -0.3 is 9.84 Å². The first-order valence-electron chi connectivity index (χ1n) is 5.10. The molecular weight excluding hydrogens is 232 g/mol. The quantitative estimate of drug-likeness (QED) is 0.676. The summed E-state index contributed by atoms with van der Waals surface area (Å²) in [6.07, 6.45) is 0.743. The van der Waals surface area contributed by atoms with E-state index < -0.39 is 28.0 Å². The van der Waals surface area contributed by atoms with E-state index in [0.29, 0.717) is 5.92 Å². The van der Waals surface area contributed by atoms with Crippen molar-refractivity contribution in [3.8, 4) is 0 Å². The summed E-state index contributed by atoms with van der Waals surface area (Å²) in [5, 5.41) is 7.53. The molecule has 0 bridgehead atoms. The second-order valence-electron chi connectivity index (χ2n) is 3.91. The van der Waals surface area contributed by atoms with E-state index in [1.54, 1.807) is 0 Å². The summed E-state index contributed by atoms with van der Waals surface area (Å²) < 4.78 is 16.1. The zero-order valence-corrected chi connectivity index (χ0v) is 10.6. The molecule has 0 aliphatic rings. The minimum Gasteiger partial charge on any atom is -0.480 e. The zero-order valence-electron chi connectivity index (χ0n) is 9.76. The van der Waals surface area contributed by atoms with Crippen LogP contribution in [0.2, 0.25) is 0 Å². The van der Waals surface area contributed by atoms with Crippen LogP contribution in [-0.2, 0) is 25.1 Å². The van der Waals surface area contributed by atoms with E-state index in [0.717, 1.165) is 6.42 Å². The molecule has 0 heterocycles. The Kier molecular flexibility index (Phi) is 6.96. The lowest BCUT2D eigenvalue weighted by Crippen LogP contribution is -2.27. The van der Waals surface area contributed by atoms with Crippen molar-refractivity contribution in [3.05, 3.63) is 0 Å². The molecule has 1 N–H and O–H groups in total. The number of aliphatic carboxylic acids is 1. The predicted molar refractivity (Wildman–Crippen MR) is 60.5 cm³/mol. The van der Waals surface area contributed by atoms with Gasteiger partial charge in [-0.1, -0.05) is 13.8 Å². The van der Waals surface area contributed by atoms with Crippen LogP contribution in [0, 0.1) is 5.92 Å². The van der Waals surface area contributed by atoms with Gasteiger partial charge in [0.25, 0.3) is 0 Å². The molecule has 2 atom stereocenters. The molecule has 0 spiro atoms.